The fraction of sp³-hybridized carbons (Fsp3) is 0.250. The highest BCUT2D eigenvalue weighted by Gasteiger charge is 2.25. The Kier molecular flexibility index (Phi) is 7.92. The summed E-state index contributed by atoms with van der Waals surface area (Å²) < 4.78 is 30.5. The molecule has 0 bridgehead atoms. The van der Waals surface area contributed by atoms with Crippen LogP contribution in [0, 0.1) is 0 Å². The third kappa shape index (κ3) is 6.13. The van der Waals surface area contributed by atoms with E-state index in [1.807, 2.05) is 49.4 Å². The summed E-state index contributed by atoms with van der Waals surface area (Å²) in [6.07, 6.45) is 1.34. The van der Waals surface area contributed by atoms with Crippen LogP contribution in [-0.4, -0.2) is 60.8 Å². The number of hydrogen-bond acceptors (Lipinski definition) is 7. The van der Waals surface area contributed by atoms with Gasteiger partial charge in [-0.3, -0.25) is 9.59 Å². The van der Waals surface area contributed by atoms with Gasteiger partial charge in [-0.15, -0.1) is 5.10 Å². The van der Waals surface area contributed by atoms with Gasteiger partial charge in [0.25, 0.3) is 5.91 Å². The minimum absolute atomic E-state index is 0.00254. The van der Waals surface area contributed by atoms with Crippen LogP contribution in [0.5, 0.6) is 0 Å². The van der Waals surface area contributed by atoms with Crippen molar-refractivity contribution in [1.82, 2.24) is 25.0 Å². The highest BCUT2D eigenvalue weighted by atomic mass is 32.2. The zero-order valence-electron chi connectivity index (χ0n) is 23.7. The van der Waals surface area contributed by atoms with E-state index in [4.69, 9.17) is 0 Å². The molecule has 1 amide bonds. The molecule has 1 aliphatic rings. The number of nitrogens with zero attached hydrogens (tertiary/aromatic N) is 4. The maximum absolute atomic E-state index is 13.1. The zero-order chi connectivity index (χ0) is 30.0. The average Bonchev–Trinajstić information content (AvgIpc) is 3.43. The Balaban J connectivity index is 1.06. The van der Waals surface area contributed by atoms with E-state index in [2.05, 4.69) is 25.3 Å². The number of carbonyl (C=O) groups is 2. The number of amides is 1. The van der Waals surface area contributed by atoms with Crippen LogP contribution in [0.25, 0.3) is 21.8 Å². The number of Topliss-reactive ketones (excluding diaryl/α,β-unsaturated/α-hetero) is 1. The number of hydrogen-bond donors (Lipinski definition) is 2. The molecule has 2 N–H and O–H groups in total. The molecule has 11 heteroatoms. The first-order valence-electron chi connectivity index (χ1n) is 14.3. The molecule has 1 aromatic heterocycles. The fourth-order valence-corrected chi connectivity index (χ4v) is 6.79. The van der Waals surface area contributed by atoms with Crippen LogP contribution in [0.4, 0.5) is 5.69 Å². The number of fused-ring (bicyclic) bond motifs is 2. The van der Waals surface area contributed by atoms with E-state index in [1.54, 1.807) is 42.5 Å². The summed E-state index contributed by atoms with van der Waals surface area (Å²) >= 11 is 0. The van der Waals surface area contributed by atoms with Crippen molar-refractivity contribution >= 4 is 49.2 Å². The fourth-order valence-electron chi connectivity index (χ4n) is 5.45. The van der Waals surface area contributed by atoms with Gasteiger partial charge in [0, 0.05) is 42.5 Å². The van der Waals surface area contributed by atoms with Crippen LogP contribution in [0.15, 0.2) is 89.8 Å². The van der Waals surface area contributed by atoms with Crippen molar-refractivity contribution in [1.29, 1.82) is 0 Å². The van der Waals surface area contributed by atoms with Crippen LogP contribution in [0.3, 0.4) is 0 Å². The lowest BCUT2D eigenvalue weighted by atomic mass is 10.0. The van der Waals surface area contributed by atoms with Gasteiger partial charge in [-0.05, 0) is 85.1 Å². The number of nitrogens with one attached hydrogen (secondary N) is 2. The van der Waals surface area contributed by atoms with Crippen molar-refractivity contribution in [3.63, 3.8) is 0 Å². The Morgan fingerprint density at radius 3 is 2.35 bits per heavy atom. The standard InChI is InChI=1S/C32H32N6O4S/c1-2-33-32(40)25-10-14-29-30(20-25)38(36-34-29)21-31(39)23-7-11-27(12-8-23)37-17-15-26(16-18-37)35-43(41,42)28-13-9-22-5-3-4-6-24(22)19-28/h3-14,19-20,26,35H,2,15-18,21H2,1H3,(H,33,40). The lowest BCUT2D eigenvalue weighted by Crippen LogP contribution is -2.44. The molecule has 0 aliphatic carbocycles. The van der Waals surface area contributed by atoms with E-state index >= 15 is 0 Å². The summed E-state index contributed by atoms with van der Waals surface area (Å²) in [6, 6.07) is 25.3. The van der Waals surface area contributed by atoms with Crippen molar-refractivity contribution < 1.29 is 18.0 Å². The summed E-state index contributed by atoms with van der Waals surface area (Å²) in [5, 5.41) is 12.9. The maximum atomic E-state index is 13.1. The van der Waals surface area contributed by atoms with Gasteiger partial charge in [0.15, 0.2) is 5.78 Å². The monoisotopic (exact) mass is 596 g/mol. The normalized spacial score (nSPS) is 14.3. The van der Waals surface area contributed by atoms with Crippen LogP contribution in [0.2, 0.25) is 0 Å². The molecular formula is C32H32N6O4S. The summed E-state index contributed by atoms with van der Waals surface area (Å²) in [5.41, 5.74) is 3.24. The highest BCUT2D eigenvalue weighted by Crippen LogP contribution is 2.24. The number of carbonyl (C=O) groups excluding carboxylic acids is 2. The summed E-state index contributed by atoms with van der Waals surface area (Å²) in [6.45, 7) is 3.75. The Hall–Kier alpha value is -4.61. The molecule has 0 saturated carbocycles. The lowest BCUT2D eigenvalue weighted by Gasteiger charge is -2.34. The van der Waals surface area contributed by atoms with Crippen LogP contribution < -0.4 is 14.9 Å². The molecule has 2 heterocycles. The van der Waals surface area contributed by atoms with E-state index in [9.17, 15) is 18.0 Å². The molecule has 0 spiro atoms. The van der Waals surface area contributed by atoms with E-state index in [-0.39, 0.29) is 29.2 Å². The van der Waals surface area contributed by atoms with Crippen LogP contribution in [0.1, 0.15) is 40.5 Å². The molecule has 6 rings (SSSR count). The third-order valence-corrected chi connectivity index (χ3v) is 9.33. The van der Waals surface area contributed by atoms with Crippen molar-refractivity contribution in [2.45, 2.75) is 37.2 Å². The Morgan fingerprint density at radius 2 is 1.60 bits per heavy atom. The molecule has 1 aliphatic heterocycles. The van der Waals surface area contributed by atoms with Gasteiger partial charge < -0.3 is 10.2 Å². The summed E-state index contributed by atoms with van der Waals surface area (Å²) in [5.74, 6) is -0.311. The third-order valence-electron chi connectivity index (χ3n) is 7.81. The predicted molar refractivity (Wildman–Crippen MR) is 166 cm³/mol. The summed E-state index contributed by atoms with van der Waals surface area (Å²) in [7, 11) is -3.63. The topological polar surface area (TPSA) is 126 Å². The number of sulfonamides is 1. The molecule has 43 heavy (non-hydrogen) atoms. The molecule has 1 saturated heterocycles. The van der Waals surface area contributed by atoms with Gasteiger partial charge in [-0.1, -0.05) is 35.5 Å². The molecule has 1 fully saturated rings. The minimum Gasteiger partial charge on any atom is -0.371 e. The number of benzene rings is 4. The predicted octanol–water partition coefficient (Wildman–Crippen LogP) is 4.16. The first kappa shape index (κ1) is 28.5. The van der Waals surface area contributed by atoms with E-state index in [0.29, 0.717) is 54.6 Å². The van der Waals surface area contributed by atoms with Crippen LogP contribution in [-0.2, 0) is 16.6 Å². The first-order valence-corrected chi connectivity index (χ1v) is 15.8. The molecule has 0 radical (unpaired) electrons. The smallest absolute Gasteiger partial charge is 0.251 e. The first-order chi connectivity index (χ1) is 20.8. The zero-order valence-corrected chi connectivity index (χ0v) is 24.5. The Morgan fingerprint density at radius 1 is 0.884 bits per heavy atom. The molecule has 220 valence electrons. The number of piperidine rings is 1. The maximum Gasteiger partial charge on any atom is 0.251 e. The van der Waals surface area contributed by atoms with Crippen LogP contribution >= 0.6 is 0 Å². The molecular weight excluding hydrogens is 564 g/mol. The Labute approximate surface area is 249 Å². The second-order valence-corrected chi connectivity index (χ2v) is 12.4. The van der Waals surface area contributed by atoms with Crippen molar-refractivity contribution in [2.75, 3.05) is 24.5 Å². The Bertz CT molecular complexity index is 1910. The number of aromatic nitrogens is 3. The molecule has 0 atom stereocenters. The summed E-state index contributed by atoms with van der Waals surface area (Å²) in [4.78, 5) is 27.8. The van der Waals surface area contributed by atoms with Gasteiger partial charge in [0.05, 0.1) is 10.4 Å². The highest BCUT2D eigenvalue weighted by molar-refractivity contribution is 7.89. The molecule has 4 aromatic carbocycles. The van der Waals surface area contributed by atoms with Crippen molar-refractivity contribution in [2.24, 2.45) is 0 Å². The minimum atomic E-state index is -3.63. The molecule has 5 aromatic rings. The van der Waals surface area contributed by atoms with Gasteiger partial charge in [-0.25, -0.2) is 17.8 Å². The van der Waals surface area contributed by atoms with Gasteiger partial charge in [-0.2, -0.15) is 0 Å². The molecule has 0 unspecified atom stereocenters. The average molecular weight is 597 g/mol. The lowest BCUT2D eigenvalue weighted by molar-refractivity contribution is 0.0953. The van der Waals surface area contributed by atoms with E-state index in [0.717, 1.165) is 16.5 Å². The van der Waals surface area contributed by atoms with Crippen molar-refractivity contribution in [3.05, 3.63) is 96.1 Å². The quantitative estimate of drug-likeness (QED) is 0.245. The second kappa shape index (κ2) is 11.9. The second-order valence-electron chi connectivity index (χ2n) is 10.7. The largest absolute Gasteiger partial charge is 0.371 e. The van der Waals surface area contributed by atoms with Gasteiger partial charge in [0.1, 0.15) is 12.1 Å². The van der Waals surface area contributed by atoms with E-state index in [1.165, 1.54) is 4.68 Å². The van der Waals surface area contributed by atoms with Crippen molar-refractivity contribution in [3.8, 4) is 0 Å². The number of anilines is 1. The number of ketones is 1. The van der Waals surface area contributed by atoms with Gasteiger partial charge in [0.2, 0.25) is 10.0 Å². The SMILES string of the molecule is CCNC(=O)c1ccc2nnn(CC(=O)c3ccc(N4CCC(NS(=O)(=O)c5ccc6ccccc6c5)CC4)cc3)c2c1. The molecule has 10 nitrogen and oxygen atoms in total. The van der Waals surface area contributed by atoms with Gasteiger partial charge >= 0.3 is 0 Å². The number of rotatable bonds is 9. The van der Waals surface area contributed by atoms with E-state index < -0.39 is 10.0 Å².